The number of hydrogen-bond donors (Lipinski definition) is 0. The van der Waals surface area contributed by atoms with Gasteiger partial charge in [0.15, 0.2) is 0 Å². The molecule has 0 bridgehead atoms. The Hall–Kier alpha value is -2.31. The lowest BCUT2D eigenvalue weighted by Crippen LogP contribution is -2.22. The molecular weight excluding hydrogens is 402 g/mol. The molecular formula is C23H25NO3S2. The van der Waals surface area contributed by atoms with Crippen LogP contribution < -0.4 is 9.47 Å². The van der Waals surface area contributed by atoms with Crippen LogP contribution >= 0.6 is 24.0 Å². The predicted octanol–water partition coefficient (Wildman–Crippen LogP) is 5.49. The van der Waals surface area contributed by atoms with Gasteiger partial charge < -0.3 is 9.47 Å². The van der Waals surface area contributed by atoms with Gasteiger partial charge in [0, 0.05) is 7.05 Å². The van der Waals surface area contributed by atoms with Crippen LogP contribution in [-0.2, 0) is 4.79 Å². The van der Waals surface area contributed by atoms with E-state index >= 15 is 0 Å². The van der Waals surface area contributed by atoms with Crippen molar-refractivity contribution in [1.82, 2.24) is 4.90 Å². The van der Waals surface area contributed by atoms with Crippen LogP contribution in [0.2, 0.25) is 0 Å². The lowest BCUT2D eigenvalue weighted by Gasteiger charge is -2.11. The lowest BCUT2D eigenvalue weighted by molar-refractivity contribution is -0.121. The molecule has 1 aliphatic rings. The summed E-state index contributed by atoms with van der Waals surface area (Å²) in [6.07, 6.45) is 2.97. The Morgan fingerprint density at radius 1 is 1.03 bits per heavy atom. The van der Waals surface area contributed by atoms with E-state index < -0.39 is 0 Å². The van der Waals surface area contributed by atoms with Gasteiger partial charge in [0.05, 0.1) is 4.91 Å². The van der Waals surface area contributed by atoms with Crippen LogP contribution in [0.15, 0.2) is 53.4 Å². The topological polar surface area (TPSA) is 38.8 Å². The van der Waals surface area contributed by atoms with Crippen molar-refractivity contribution in [3.8, 4) is 11.5 Å². The molecule has 4 nitrogen and oxygen atoms in total. The molecule has 0 aromatic heterocycles. The van der Waals surface area contributed by atoms with Crippen LogP contribution in [0.5, 0.6) is 11.5 Å². The van der Waals surface area contributed by atoms with E-state index in [4.69, 9.17) is 21.7 Å². The molecule has 152 valence electrons. The number of thioether (sulfide) groups is 1. The van der Waals surface area contributed by atoms with Gasteiger partial charge in [-0.15, -0.1) is 0 Å². The minimum Gasteiger partial charge on any atom is -0.490 e. The first kappa shape index (κ1) is 21.4. The zero-order chi connectivity index (χ0) is 20.8. The van der Waals surface area contributed by atoms with Gasteiger partial charge in [-0.25, -0.2) is 0 Å². The third kappa shape index (κ3) is 5.61. The van der Waals surface area contributed by atoms with E-state index in [1.807, 2.05) is 42.5 Å². The summed E-state index contributed by atoms with van der Waals surface area (Å²) in [7, 11) is 1.69. The van der Waals surface area contributed by atoms with Crippen molar-refractivity contribution in [1.29, 1.82) is 0 Å². The van der Waals surface area contributed by atoms with Crippen LogP contribution in [-0.4, -0.2) is 35.4 Å². The fourth-order valence-electron chi connectivity index (χ4n) is 2.80. The maximum Gasteiger partial charge on any atom is 0.265 e. The molecule has 1 saturated heterocycles. The minimum absolute atomic E-state index is 0.0605. The molecule has 1 aliphatic heterocycles. The first-order valence-electron chi connectivity index (χ1n) is 9.65. The van der Waals surface area contributed by atoms with Gasteiger partial charge in [0.2, 0.25) is 0 Å². The number of rotatable bonds is 8. The molecule has 0 aliphatic carbocycles. The average Bonchev–Trinajstić information content (AvgIpc) is 2.98. The summed E-state index contributed by atoms with van der Waals surface area (Å²) < 4.78 is 12.1. The molecule has 0 radical (unpaired) electrons. The highest BCUT2D eigenvalue weighted by atomic mass is 32.2. The molecule has 2 aromatic rings. The number of hydrogen-bond acceptors (Lipinski definition) is 5. The summed E-state index contributed by atoms with van der Waals surface area (Å²) in [6, 6.07) is 15.9. The first-order chi connectivity index (χ1) is 14.0. The van der Waals surface area contributed by atoms with E-state index in [1.54, 1.807) is 7.05 Å². The first-order valence-corrected chi connectivity index (χ1v) is 10.9. The highest BCUT2D eigenvalue weighted by Crippen LogP contribution is 2.31. The molecule has 1 unspecified atom stereocenters. The van der Waals surface area contributed by atoms with Gasteiger partial charge in [-0.2, -0.15) is 0 Å². The number of carbonyl (C=O) groups excluding carboxylic acids is 1. The van der Waals surface area contributed by atoms with Crippen molar-refractivity contribution >= 4 is 40.3 Å². The monoisotopic (exact) mass is 427 g/mol. The predicted molar refractivity (Wildman–Crippen MR) is 124 cm³/mol. The number of likely N-dealkylation sites (N-methyl/N-ethyl adjacent to an activating group) is 1. The fourth-order valence-corrected chi connectivity index (χ4v) is 3.98. The van der Waals surface area contributed by atoms with Crippen molar-refractivity contribution in [3.63, 3.8) is 0 Å². The number of benzene rings is 2. The molecule has 6 heteroatoms. The third-order valence-electron chi connectivity index (χ3n) is 4.85. The highest BCUT2D eigenvalue weighted by Gasteiger charge is 2.28. The molecule has 2 aromatic carbocycles. The quantitative estimate of drug-likeness (QED) is 0.316. The Morgan fingerprint density at radius 2 is 1.59 bits per heavy atom. The zero-order valence-electron chi connectivity index (χ0n) is 16.9. The highest BCUT2D eigenvalue weighted by molar-refractivity contribution is 8.26. The average molecular weight is 428 g/mol. The van der Waals surface area contributed by atoms with Crippen molar-refractivity contribution in [2.45, 2.75) is 26.2 Å². The van der Waals surface area contributed by atoms with Crippen molar-refractivity contribution in [2.75, 3.05) is 20.3 Å². The molecule has 0 N–H and O–H groups in total. The van der Waals surface area contributed by atoms with Crippen molar-refractivity contribution in [3.05, 3.63) is 64.6 Å². The normalized spacial score (nSPS) is 16.4. The molecule has 1 heterocycles. The number of ether oxygens (including phenoxy) is 2. The Kier molecular flexibility index (Phi) is 7.34. The third-order valence-corrected chi connectivity index (χ3v) is 6.33. The summed E-state index contributed by atoms with van der Waals surface area (Å²) in [5.74, 6) is 2.12. The molecule has 1 atom stereocenters. The molecule has 29 heavy (non-hydrogen) atoms. The summed E-state index contributed by atoms with van der Waals surface area (Å²) >= 11 is 6.47. The van der Waals surface area contributed by atoms with E-state index in [9.17, 15) is 4.79 Å². The van der Waals surface area contributed by atoms with Gasteiger partial charge in [0.25, 0.3) is 5.91 Å². The van der Waals surface area contributed by atoms with E-state index in [2.05, 4.69) is 26.0 Å². The summed E-state index contributed by atoms with van der Waals surface area (Å²) in [5, 5.41) is 0. The van der Waals surface area contributed by atoms with Gasteiger partial charge in [-0.3, -0.25) is 9.69 Å². The fraction of sp³-hybridized carbons (Fsp3) is 0.304. The van der Waals surface area contributed by atoms with Crippen molar-refractivity contribution < 1.29 is 14.3 Å². The minimum atomic E-state index is -0.0605. The molecule has 1 fully saturated rings. The van der Waals surface area contributed by atoms with Gasteiger partial charge in [-0.1, -0.05) is 62.1 Å². The second-order valence-corrected chi connectivity index (χ2v) is 8.56. The summed E-state index contributed by atoms with van der Waals surface area (Å²) in [4.78, 5) is 14.2. The van der Waals surface area contributed by atoms with Crippen LogP contribution in [0.1, 0.15) is 37.3 Å². The van der Waals surface area contributed by atoms with Crippen LogP contribution in [0.4, 0.5) is 0 Å². The van der Waals surface area contributed by atoms with Crippen molar-refractivity contribution in [2.24, 2.45) is 0 Å². The van der Waals surface area contributed by atoms with E-state index in [1.165, 1.54) is 22.2 Å². The van der Waals surface area contributed by atoms with Crippen LogP contribution in [0.3, 0.4) is 0 Å². The summed E-state index contributed by atoms with van der Waals surface area (Å²) in [6.45, 7) is 5.35. The second-order valence-electron chi connectivity index (χ2n) is 6.89. The maximum atomic E-state index is 12.1. The molecule has 3 rings (SSSR count). The number of thiocarbonyl (C=S) groups is 1. The SMILES string of the molecule is CCC(C)c1ccc(OCCOc2ccc(C=C3SC(=S)N(C)C3=O)cc2)cc1. The number of nitrogens with zero attached hydrogens (tertiary/aromatic N) is 1. The number of amides is 1. The van der Waals surface area contributed by atoms with E-state index in [0.29, 0.717) is 28.4 Å². The maximum absolute atomic E-state index is 12.1. The van der Waals surface area contributed by atoms with E-state index in [-0.39, 0.29) is 5.91 Å². The Labute approximate surface area is 181 Å². The Morgan fingerprint density at radius 3 is 2.07 bits per heavy atom. The van der Waals surface area contributed by atoms with Crippen LogP contribution in [0, 0.1) is 0 Å². The van der Waals surface area contributed by atoms with Gasteiger partial charge >= 0.3 is 0 Å². The zero-order valence-corrected chi connectivity index (χ0v) is 18.5. The number of carbonyl (C=O) groups is 1. The molecule has 0 spiro atoms. The standard InChI is InChI=1S/C23H25NO3S2/c1-4-16(2)18-7-11-20(12-8-18)27-14-13-26-19-9-5-17(6-10-19)15-21-22(25)24(3)23(28)29-21/h5-12,15-16H,4,13-14H2,1-3H3. The molecule has 0 saturated carbocycles. The van der Waals surface area contributed by atoms with Gasteiger partial charge in [0.1, 0.15) is 29.0 Å². The summed E-state index contributed by atoms with van der Waals surface area (Å²) in [5.41, 5.74) is 2.27. The Balaban J connectivity index is 1.46. The molecule has 1 amide bonds. The smallest absolute Gasteiger partial charge is 0.265 e. The lowest BCUT2D eigenvalue weighted by atomic mass is 9.99. The van der Waals surface area contributed by atoms with Crippen LogP contribution in [0.25, 0.3) is 6.08 Å². The largest absolute Gasteiger partial charge is 0.490 e. The second kappa shape index (κ2) is 9.94. The van der Waals surface area contributed by atoms with E-state index in [0.717, 1.165) is 23.5 Å². The Bertz CT molecular complexity index is 891. The van der Waals surface area contributed by atoms with Gasteiger partial charge in [-0.05, 0) is 53.8 Å².